The van der Waals surface area contributed by atoms with Crippen LogP contribution in [0.15, 0.2) is 12.3 Å². The van der Waals surface area contributed by atoms with Crippen LogP contribution < -0.4 is 5.32 Å². The molecule has 1 aromatic rings. The highest BCUT2D eigenvalue weighted by molar-refractivity contribution is 5.68. The lowest BCUT2D eigenvalue weighted by atomic mass is 10.2. The lowest BCUT2D eigenvalue weighted by molar-refractivity contribution is -0.385. The van der Waals surface area contributed by atoms with Gasteiger partial charge in [0.15, 0.2) is 0 Å². The summed E-state index contributed by atoms with van der Waals surface area (Å²) in [6.45, 7) is 3.38. The second kappa shape index (κ2) is 5.24. The molecule has 0 radical (unpaired) electrons. The van der Waals surface area contributed by atoms with Crippen LogP contribution in [0.1, 0.15) is 18.9 Å². The van der Waals surface area contributed by atoms with Gasteiger partial charge in [-0.2, -0.15) is 0 Å². The molecule has 1 heterocycles. The monoisotopic (exact) mass is 239 g/mol. The number of hydrogen-bond donors (Lipinski definition) is 2. The molecular formula is C10H13N3O4. The van der Waals surface area contributed by atoms with Gasteiger partial charge in [0.05, 0.1) is 11.3 Å². The van der Waals surface area contributed by atoms with Gasteiger partial charge >= 0.3 is 5.97 Å². The van der Waals surface area contributed by atoms with Crippen molar-refractivity contribution in [3.05, 3.63) is 27.9 Å². The van der Waals surface area contributed by atoms with Gasteiger partial charge in [-0.3, -0.25) is 14.9 Å². The Morgan fingerprint density at radius 3 is 2.82 bits per heavy atom. The number of hydrogen-bond acceptors (Lipinski definition) is 5. The van der Waals surface area contributed by atoms with E-state index in [1.54, 1.807) is 13.8 Å². The molecule has 92 valence electrons. The SMILES string of the molecule is Cc1cc([N+](=O)[O-])cnc1NC(C)CC(=O)O. The van der Waals surface area contributed by atoms with Gasteiger partial charge in [-0.15, -0.1) is 0 Å². The quantitative estimate of drug-likeness (QED) is 0.596. The van der Waals surface area contributed by atoms with Gasteiger partial charge in [0.2, 0.25) is 0 Å². The Bertz CT molecular complexity index is 447. The summed E-state index contributed by atoms with van der Waals surface area (Å²) < 4.78 is 0. The number of carboxylic acids is 1. The Labute approximate surface area is 97.6 Å². The Kier molecular flexibility index (Phi) is 3.97. The number of aromatic nitrogens is 1. The van der Waals surface area contributed by atoms with Crippen molar-refractivity contribution in [2.45, 2.75) is 26.3 Å². The van der Waals surface area contributed by atoms with Crippen LogP contribution in [-0.2, 0) is 4.79 Å². The Morgan fingerprint density at radius 1 is 1.71 bits per heavy atom. The van der Waals surface area contributed by atoms with Gasteiger partial charge in [-0.1, -0.05) is 0 Å². The molecule has 1 rings (SSSR count). The van der Waals surface area contributed by atoms with Crippen molar-refractivity contribution in [3.8, 4) is 0 Å². The van der Waals surface area contributed by atoms with Gasteiger partial charge in [0.1, 0.15) is 12.0 Å². The molecule has 0 aliphatic heterocycles. The molecular weight excluding hydrogens is 226 g/mol. The maximum absolute atomic E-state index is 10.5. The minimum Gasteiger partial charge on any atom is -0.481 e. The summed E-state index contributed by atoms with van der Waals surface area (Å²) in [5.74, 6) is -0.450. The Morgan fingerprint density at radius 2 is 2.35 bits per heavy atom. The van der Waals surface area contributed by atoms with E-state index in [4.69, 9.17) is 5.11 Å². The van der Waals surface area contributed by atoms with E-state index in [1.807, 2.05) is 0 Å². The summed E-state index contributed by atoms with van der Waals surface area (Å²) in [7, 11) is 0. The standard InChI is InChI=1S/C10H13N3O4/c1-6-3-8(13(16)17)5-11-10(6)12-7(2)4-9(14)15/h3,5,7H,4H2,1-2H3,(H,11,12)(H,14,15). The van der Waals surface area contributed by atoms with Gasteiger partial charge in [0, 0.05) is 12.1 Å². The number of aliphatic carboxylic acids is 1. The summed E-state index contributed by atoms with van der Waals surface area (Å²) in [5.41, 5.74) is 0.523. The predicted molar refractivity (Wildman–Crippen MR) is 61.0 cm³/mol. The van der Waals surface area contributed by atoms with Crippen molar-refractivity contribution in [1.29, 1.82) is 0 Å². The normalized spacial score (nSPS) is 11.9. The van der Waals surface area contributed by atoms with Crippen LogP contribution in [0.5, 0.6) is 0 Å². The fourth-order valence-electron chi connectivity index (χ4n) is 1.36. The number of pyridine rings is 1. The fraction of sp³-hybridized carbons (Fsp3) is 0.400. The first-order chi connectivity index (χ1) is 7.90. The lowest BCUT2D eigenvalue weighted by Gasteiger charge is -2.13. The average Bonchev–Trinajstić information content (AvgIpc) is 2.19. The van der Waals surface area contributed by atoms with E-state index in [0.29, 0.717) is 11.4 Å². The number of nitrogens with one attached hydrogen (secondary N) is 1. The predicted octanol–water partition coefficient (Wildman–Crippen LogP) is 1.57. The summed E-state index contributed by atoms with van der Waals surface area (Å²) in [6, 6.07) is 1.10. The van der Waals surface area contributed by atoms with Crippen molar-refractivity contribution in [2.24, 2.45) is 0 Å². The van der Waals surface area contributed by atoms with E-state index in [0.717, 1.165) is 6.20 Å². The smallest absolute Gasteiger partial charge is 0.305 e. The highest BCUT2D eigenvalue weighted by Crippen LogP contribution is 2.18. The van der Waals surface area contributed by atoms with Crippen LogP contribution in [0, 0.1) is 17.0 Å². The van der Waals surface area contributed by atoms with Crippen LogP contribution in [-0.4, -0.2) is 27.0 Å². The molecule has 0 saturated carbocycles. The summed E-state index contributed by atoms with van der Waals surface area (Å²) >= 11 is 0. The number of carboxylic acid groups (broad SMARTS) is 1. The van der Waals surface area contributed by atoms with Crippen molar-refractivity contribution in [3.63, 3.8) is 0 Å². The Hall–Kier alpha value is -2.18. The fourth-order valence-corrected chi connectivity index (χ4v) is 1.36. The van der Waals surface area contributed by atoms with E-state index < -0.39 is 10.9 Å². The number of anilines is 1. The molecule has 0 spiro atoms. The molecule has 0 aliphatic carbocycles. The number of carbonyl (C=O) groups is 1. The zero-order chi connectivity index (χ0) is 13.0. The topological polar surface area (TPSA) is 105 Å². The number of rotatable bonds is 5. The molecule has 1 atom stereocenters. The highest BCUT2D eigenvalue weighted by atomic mass is 16.6. The lowest BCUT2D eigenvalue weighted by Crippen LogP contribution is -2.20. The van der Waals surface area contributed by atoms with E-state index >= 15 is 0 Å². The number of aryl methyl sites for hydroxylation is 1. The van der Waals surface area contributed by atoms with E-state index in [9.17, 15) is 14.9 Å². The molecule has 1 aromatic heterocycles. The van der Waals surface area contributed by atoms with Crippen LogP contribution in [0.2, 0.25) is 0 Å². The minimum absolute atomic E-state index is 0.0435. The highest BCUT2D eigenvalue weighted by Gasteiger charge is 2.12. The Balaban J connectivity index is 2.79. The van der Waals surface area contributed by atoms with Crippen LogP contribution in [0.4, 0.5) is 11.5 Å². The van der Waals surface area contributed by atoms with Crippen molar-refractivity contribution >= 4 is 17.5 Å². The zero-order valence-corrected chi connectivity index (χ0v) is 9.51. The van der Waals surface area contributed by atoms with E-state index in [2.05, 4.69) is 10.3 Å². The maximum Gasteiger partial charge on any atom is 0.305 e. The third-order valence-electron chi connectivity index (χ3n) is 2.14. The first-order valence-electron chi connectivity index (χ1n) is 4.99. The first kappa shape index (κ1) is 12.9. The molecule has 7 heteroatoms. The van der Waals surface area contributed by atoms with Gasteiger partial charge in [-0.05, 0) is 19.4 Å². The third-order valence-corrected chi connectivity index (χ3v) is 2.14. The minimum atomic E-state index is -0.912. The van der Waals surface area contributed by atoms with Gasteiger partial charge in [0.25, 0.3) is 5.69 Å². The van der Waals surface area contributed by atoms with E-state index in [1.165, 1.54) is 6.07 Å². The van der Waals surface area contributed by atoms with Crippen LogP contribution in [0.25, 0.3) is 0 Å². The van der Waals surface area contributed by atoms with Crippen LogP contribution >= 0.6 is 0 Å². The largest absolute Gasteiger partial charge is 0.481 e. The van der Waals surface area contributed by atoms with Crippen molar-refractivity contribution in [2.75, 3.05) is 5.32 Å². The molecule has 0 amide bonds. The molecule has 1 unspecified atom stereocenters. The van der Waals surface area contributed by atoms with Crippen molar-refractivity contribution in [1.82, 2.24) is 4.98 Å². The average molecular weight is 239 g/mol. The second-order valence-electron chi connectivity index (χ2n) is 3.76. The van der Waals surface area contributed by atoms with Gasteiger partial charge in [-0.25, -0.2) is 4.98 Å². The number of nitrogens with zero attached hydrogens (tertiary/aromatic N) is 2. The number of nitro groups is 1. The molecule has 17 heavy (non-hydrogen) atoms. The summed E-state index contributed by atoms with van der Waals surface area (Å²) in [4.78, 5) is 24.4. The summed E-state index contributed by atoms with van der Waals surface area (Å²) in [5, 5.41) is 22.0. The molecule has 2 N–H and O–H groups in total. The first-order valence-corrected chi connectivity index (χ1v) is 4.99. The second-order valence-corrected chi connectivity index (χ2v) is 3.76. The zero-order valence-electron chi connectivity index (χ0n) is 9.51. The summed E-state index contributed by atoms with van der Waals surface area (Å²) in [6.07, 6.45) is 1.10. The molecule has 7 nitrogen and oxygen atoms in total. The van der Waals surface area contributed by atoms with Gasteiger partial charge < -0.3 is 10.4 Å². The van der Waals surface area contributed by atoms with Crippen molar-refractivity contribution < 1.29 is 14.8 Å². The molecule has 0 aliphatic rings. The molecule has 0 saturated heterocycles. The third kappa shape index (κ3) is 3.71. The molecule has 0 bridgehead atoms. The molecule has 0 fully saturated rings. The van der Waals surface area contributed by atoms with Crippen LogP contribution in [0.3, 0.4) is 0 Å². The maximum atomic E-state index is 10.5. The molecule has 0 aromatic carbocycles. The van der Waals surface area contributed by atoms with E-state index in [-0.39, 0.29) is 18.2 Å².